The fraction of sp³-hybridized carbons (Fsp3) is 0.909. The summed E-state index contributed by atoms with van der Waals surface area (Å²) in [4.78, 5) is 13.5. The van der Waals surface area contributed by atoms with Gasteiger partial charge in [0.2, 0.25) is 5.91 Å². The van der Waals surface area contributed by atoms with E-state index < -0.39 is 0 Å². The molecule has 0 aliphatic carbocycles. The molecule has 4 nitrogen and oxygen atoms in total. The van der Waals surface area contributed by atoms with Gasteiger partial charge >= 0.3 is 0 Å². The van der Waals surface area contributed by atoms with Gasteiger partial charge in [0.15, 0.2) is 0 Å². The van der Waals surface area contributed by atoms with Crippen LogP contribution < -0.4 is 11.1 Å². The van der Waals surface area contributed by atoms with Gasteiger partial charge in [-0.05, 0) is 33.4 Å². The molecular formula is C11H25N3O. The molecule has 0 radical (unpaired) electrons. The van der Waals surface area contributed by atoms with Crippen LogP contribution in [0.5, 0.6) is 0 Å². The smallest absolute Gasteiger partial charge is 0.221 e. The third-order valence-electron chi connectivity index (χ3n) is 2.20. The second kappa shape index (κ2) is 7.65. The number of rotatable bonds is 7. The highest BCUT2D eigenvalue weighted by Gasteiger charge is 2.07. The largest absolute Gasteiger partial charge is 0.354 e. The number of nitrogens with two attached hydrogens (primary N) is 1. The van der Waals surface area contributed by atoms with E-state index in [9.17, 15) is 4.79 Å². The zero-order valence-corrected chi connectivity index (χ0v) is 10.4. The number of carbonyl (C=O) groups is 1. The molecule has 4 heteroatoms. The van der Waals surface area contributed by atoms with Gasteiger partial charge in [-0.25, -0.2) is 0 Å². The highest BCUT2D eigenvalue weighted by atomic mass is 16.1. The Kier molecular flexibility index (Phi) is 7.34. The number of nitrogens with zero attached hydrogens (tertiary/aromatic N) is 1. The molecule has 0 aliphatic heterocycles. The number of nitrogens with one attached hydrogen (secondary N) is 1. The van der Waals surface area contributed by atoms with E-state index in [2.05, 4.69) is 17.1 Å². The number of carbonyl (C=O) groups excluding carboxylic acids is 1. The van der Waals surface area contributed by atoms with Gasteiger partial charge in [0.05, 0.1) is 0 Å². The summed E-state index contributed by atoms with van der Waals surface area (Å²) in [6, 6.07) is 0.228. The third-order valence-corrected chi connectivity index (χ3v) is 2.20. The first-order chi connectivity index (χ1) is 6.95. The van der Waals surface area contributed by atoms with Crippen molar-refractivity contribution in [2.75, 3.05) is 26.7 Å². The van der Waals surface area contributed by atoms with Crippen LogP contribution in [0.2, 0.25) is 0 Å². The van der Waals surface area contributed by atoms with E-state index in [1.807, 2.05) is 20.9 Å². The summed E-state index contributed by atoms with van der Waals surface area (Å²) in [5, 5.41) is 2.88. The summed E-state index contributed by atoms with van der Waals surface area (Å²) in [5.41, 5.74) is 5.54. The average molecular weight is 215 g/mol. The zero-order valence-electron chi connectivity index (χ0n) is 10.4. The van der Waals surface area contributed by atoms with Crippen molar-refractivity contribution in [3.8, 4) is 0 Å². The van der Waals surface area contributed by atoms with E-state index in [1.54, 1.807) is 0 Å². The summed E-state index contributed by atoms with van der Waals surface area (Å²) in [6.07, 6.45) is 0.561. The van der Waals surface area contributed by atoms with Crippen molar-refractivity contribution in [2.45, 2.75) is 33.2 Å². The van der Waals surface area contributed by atoms with Gasteiger partial charge in [0.25, 0.3) is 0 Å². The van der Waals surface area contributed by atoms with Gasteiger partial charge in [0, 0.05) is 25.6 Å². The van der Waals surface area contributed by atoms with Crippen molar-refractivity contribution in [3.63, 3.8) is 0 Å². The van der Waals surface area contributed by atoms with Crippen molar-refractivity contribution in [1.29, 1.82) is 0 Å². The minimum atomic E-state index is 0.122. The van der Waals surface area contributed by atoms with Crippen LogP contribution in [-0.4, -0.2) is 43.5 Å². The van der Waals surface area contributed by atoms with Crippen LogP contribution in [0.3, 0.4) is 0 Å². The maximum absolute atomic E-state index is 11.4. The lowest BCUT2D eigenvalue weighted by Crippen LogP contribution is -2.35. The first-order valence-electron chi connectivity index (χ1n) is 5.63. The Hall–Kier alpha value is -0.610. The van der Waals surface area contributed by atoms with Crippen LogP contribution in [0, 0.1) is 5.92 Å². The Labute approximate surface area is 93.2 Å². The molecule has 90 valence electrons. The molecule has 15 heavy (non-hydrogen) atoms. The van der Waals surface area contributed by atoms with Crippen LogP contribution in [0.1, 0.15) is 27.2 Å². The van der Waals surface area contributed by atoms with E-state index in [1.165, 1.54) is 0 Å². The van der Waals surface area contributed by atoms with E-state index in [-0.39, 0.29) is 11.9 Å². The molecule has 0 aliphatic rings. The van der Waals surface area contributed by atoms with Crippen molar-refractivity contribution in [1.82, 2.24) is 10.2 Å². The first kappa shape index (κ1) is 14.4. The highest BCUT2D eigenvalue weighted by Crippen LogP contribution is 1.96. The summed E-state index contributed by atoms with van der Waals surface area (Å²) in [5.74, 6) is 0.611. The zero-order chi connectivity index (χ0) is 11.8. The topological polar surface area (TPSA) is 58.4 Å². The van der Waals surface area contributed by atoms with E-state index >= 15 is 0 Å². The monoisotopic (exact) mass is 215 g/mol. The predicted octanol–water partition coefficient (Wildman–Crippen LogP) is 0.428. The van der Waals surface area contributed by atoms with Crippen molar-refractivity contribution in [3.05, 3.63) is 0 Å². The summed E-state index contributed by atoms with van der Waals surface area (Å²) >= 11 is 0. The molecule has 0 spiro atoms. The standard InChI is InChI=1S/C11H25N3O/c1-9(2)13-11(15)5-6-14(4)8-10(3)7-12/h9-10H,5-8,12H2,1-4H3,(H,13,15). The molecule has 0 saturated heterocycles. The molecule has 0 saturated carbocycles. The maximum atomic E-state index is 11.4. The summed E-state index contributed by atoms with van der Waals surface area (Å²) in [6.45, 7) is 8.50. The van der Waals surface area contributed by atoms with Crippen LogP contribution in [0.25, 0.3) is 0 Å². The molecule has 0 heterocycles. The van der Waals surface area contributed by atoms with Crippen molar-refractivity contribution < 1.29 is 4.79 Å². The van der Waals surface area contributed by atoms with Gasteiger partial charge in [-0.3, -0.25) is 4.79 Å². The fourth-order valence-corrected chi connectivity index (χ4v) is 1.38. The van der Waals surface area contributed by atoms with Crippen molar-refractivity contribution >= 4 is 5.91 Å². The molecule has 0 bridgehead atoms. The maximum Gasteiger partial charge on any atom is 0.221 e. The molecule has 1 unspecified atom stereocenters. The first-order valence-corrected chi connectivity index (χ1v) is 5.63. The summed E-state index contributed by atoms with van der Waals surface area (Å²) < 4.78 is 0. The minimum Gasteiger partial charge on any atom is -0.354 e. The lowest BCUT2D eigenvalue weighted by molar-refractivity contribution is -0.121. The Morgan fingerprint density at radius 3 is 2.47 bits per heavy atom. The van der Waals surface area contributed by atoms with Crippen LogP contribution >= 0.6 is 0 Å². The van der Waals surface area contributed by atoms with Crippen molar-refractivity contribution in [2.24, 2.45) is 11.7 Å². The highest BCUT2D eigenvalue weighted by molar-refractivity contribution is 5.76. The van der Waals surface area contributed by atoms with Crippen LogP contribution in [0.15, 0.2) is 0 Å². The van der Waals surface area contributed by atoms with Crippen LogP contribution in [0.4, 0.5) is 0 Å². The van der Waals surface area contributed by atoms with E-state index in [0.717, 1.165) is 13.1 Å². The molecule has 0 rings (SSSR count). The van der Waals surface area contributed by atoms with E-state index in [0.29, 0.717) is 18.9 Å². The lowest BCUT2D eigenvalue weighted by atomic mass is 10.2. The van der Waals surface area contributed by atoms with Gasteiger partial charge in [0.1, 0.15) is 0 Å². The number of amides is 1. The molecule has 0 fully saturated rings. The molecule has 0 aromatic heterocycles. The Morgan fingerprint density at radius 1 is 1.40 bits per heavy atom. The molecule has 1 atom stereocenters. The number of hydrogen-bond acceptors (Lipinski definition) is 3. The molecular weight excluding hydrogens is 190 g/mol. The average Bonchev–Trinajstić information content (AvgIpc) is 2.13. The van der Waals surface area contributed by atoms with Gasteiger partial charge in [-0.15, -0.1) is 0 Å². The van der Waals surface area contributed by atoms with Gasteiger partial charge < -0.3 is 16.0 Å². The van der Waals surface area contributed by atoms with E-state index in [4.69, 9.17) is 5.73 Å². The molecule has 0 aromatic carbocycles. The Bertz CT molecular complexity index is 183. The fourth-order valence-electron chi connectivity index (χ4n) is 1.38. The van der Waals surface area contributed by atoms with Gasteiger partial charge in [-0.2, -0.15) is 0 Å². The SMILES string of the molecule is CC(CN)CN(C)CCC(=O)NC(C)C. The molecule has 3 N–H and O–H groups in total. The lowest BCUT2D eigenvalue weighted by Gasteiger charge is -2.20. The molecule has 1 amide bonds. The normalized spacial score (nSPS) is 13.3. The number of hydrogen-bond donors (Lipinski definition) is 2. The minimum absolute atomic E-state index is 0.122. The summed E-state index contributed by atoms with van der Waals surface area (Å²) in [7, 11) is 2.02. The third kappa shape index (κ3) is 8.39. The second-order valence-corrected chi connectivity index (χ2v) is 4.58. The second-order valence-electron chi connectivity index (χ2n) is 4.58. The Balaban J connectivity index is 3.61. The predicted molar refractivity (Wildman–Crippen MR) is 63.6 cm³/mol. The molecule has 0 aromatic rings. The van der Waals surface area contributed by atoms with Gasteiger partial charge in [-0.1, -0.05) is 6.92 Å². The Morgan fingerprint density at radius 2 is 2.00 bits per heavy atom. The van der Waals surface area contributed by atoms with Crippen LogP contribution in [-0.2, 0) is 4.79 Å². The quantitative estimate of drug-likeness (QED) is 0.647.